The second-order valence-electron chi connectivity index (χ2n) is 4.91. The highest BCUT2D eigenvalue weighted by Crippen LogP contribution is 2.32. The van der Waals surface area contributed by atoms with E-state index in [0.29, 0.717) is 5.92 Å². The minimum Gasteiger partial charge on any atom is -0.323 e. The molecule has 0 aliphatic heterocycles. The van der Waals surface area contributed by atoms with Crippen molar-refractivity contribution in [1.29, 1.82) is 0 Å². The van der Waals surface area contributed by atoms with Gasteiger partial charge in [-0.15, -0.1) is 0 Å². The zero-order valence-corrected chi connectivity index (χ0v) is 10.7. The highest BCUT2D eigenvalue weighted by Gasteiger charge is 2.33. The van der Waals surface area contributed by atoms with E-state index in [1.54, 1.807) is 0 Å². The van der Waals surface area contributed by atoms with Gasteiger partial charge in [-0.05, 0) is 23.5 Å². The fraction of sp³-hybridized carbons (Fsp3) is 0.538. The molecular weight excluding hydrogens is 218 g/mol. The average Bonchev–Trinajstić information content (AvgIpc) is 2.56. The predicted molar refractivity (Wildman–Crippen MR) is 68.7 cm³/mol. The Kier molecular flexibility index (Phi) is 3.45. The maximum Gasteiger partial charge on any atom is 0.0581 e. The van der Waals surface area contributed by atoms with Gasteiger partial charge >= 0.3 is 0 Å². The molecule has 2 N–H and O–H groups in total. The maximum absolute atomic E-state index is 12.2. The van der Waals surface area contributed by atoms with Gasteiger partial charge in [-0.2, -0.15) is 0 Å². The van der Waals surface area contributed by atoms with Crippen molar-refractivity contribution in [2.24, 2.45) is 11.7 Å². The van der Waals surface area contributed by atoms with Crippen LogP contribution in [0.1, 0.15) is 31.0 Å². The lowest BCUT2D eigenvalue weighted by Gasteiger charge is -2.16. The van der Waals surface area contributed by atoms with Gasteiger partial charge in [-0.25, -0.2) is 0 Å². The molecule has 0 aromatic heterocycles. The van der Waals surface area contributed by atoms with Crippen LogP contribution >= 0.6 is 0 Å². The number of fused-ring (bicyclic) bond motifs is 1. The van der Waals surface area contributed by atoms with E-state index in [9.17, 15) is 4.21 Å². The van der Waals surface area contributed by atoms with E-state index in [1.165, 1.54) is 11.1 Å². The van der Waals surface area contributed by atoms with Gasteiger partial charge in [0, 0.05) is 22.6 Å². The van der Waals surface area contributed by atoms with E-state index in [1.807, 2.05) is 12.1 Å². The largest absolute Gasteiger partial charge is 0.323 e. The van der Waals surface area contributed by atoms with Crippen LogP contribution in [0.2, 0.25) is 0 Å². The van der Waals surface area contributed by atoms with Crippen molar-refractivity contribution in [3.8, 4) is 0 Å². The van der Waals surface area contributed by atoms with Gasteiger partial charge in [0.05, 0.1) is 5.25 Å². The van der Waals surface area contributed by atoms with Crippen molar-refractivity contribution >= 4 is 10.8 Å². The molecule has 3 atom stereocenters. The summed E-state index contributed by atoms with van der Waals surface area (Å²) in [6, 6.07) is 8.15. The Morgan fingerprint density at radius 3 is 2.75 bits per heavy atom. The van der Waals surface area contributed by atoms with Crippen molar-refractivity contribution in [3.63, 3.8) is 0 Å². The molecule has 1 aliphatic carbocycles. The van der Waals surface area contributed by atoms with Gasteiger partial charge in [-0.1, -0.05) is 38.1 Å². The van der Waals surface area contributed by atoms with Gasteiger partial charge < -0.3 is 5.73 Å². The van der Waals surface area contributed by atoms with Gasteiger partial charge in [0.15, 0.2) is 0 Å². The minimum absolute atomic E-state index is 0.0456. The van der Waals surface area contributed by atoms with Crippen molar-refractivity contribution in [1.82, 2.24) is 0 Å². The summed E-state index contributed by atoms with van der Waals surface area (Å²) in [4.78, 5) is 0. The molecule has 1 aromatic rings. The van der Waals surface area contributed by atoms with Crippen LogP contribution in [0.3, 0.4) is 0 Å². The Morgan fingerprint density at radius 2 is 2.12 bits per heavy atom. The molecule has 16 heavy (non-hydrogen) atoms. The van der Waals surface area contributed by atoms with E-state index in [2.05, 4.69) is 26.0 Å². The van der Waals surface area contributed by atoms with E-state index in [-0.39, 0.29) is 11.3 Å². The van der Waals surface area contributed by atoms with Crippen LogP contribution in [-0.2, 0) is 17.2 Å². The SMILES string of the molecule is CC(C)CS(=O)C1Cc2ccccc2C1N. The van der Waals surface area contributed by atoms with Crippen LogP contribution in [0, 0.1) is 5.92 Å². The van der Waals surface area contributed by atoms with Crippen LogP contribution < -0.4 is 5.73 Å². The van der Waals surface area contributed by atoms with Gasteiger partial charge in [0.1, 0.15) is 0 Å². The second kappa shape index (κ2) is 4.68. The molecule has 2 rings (SSSR count). The Balaban J connectivity index is 2.15. The Morgan fingerprint density at radius 1 is 1.44 bits per heavy atom. The molecule has 0 saturated carbocycles. The first-order chi connectivity index (χ1) is 7.59. The quantitative estimate of drug-likeness (QED) is 0.874. The first-order valence-electron chi connectivity index (χ1n) is 5.80. The molecule has 3 heteroatoms. The lowest BCUT2D eigenvalue weighted by Crippen LogP contribution is -2.29. The predicted octanol–water partition coefficient (Wildman–Crippen LogP) is 2.02. The molecule has 0 radical (unpaired) electrons. The summed E-state index contributed by atoms with van der Waals surface area (Å²) in [5.74, 6) is 1.23. The van der Waals surface area contributed by atoms with E-state index in [0.717, 1.165) is 12.2 Å². The standard InChI is InChI=1S/C13H19NOS/c1-9(2)8-16(15)12-7-10-5-3-4-6-11(10)13(12)14/h3-6,9,12-13H,7-8,14H2,1-2H3. The molecule has 1 aromatic carbocycles. The number of rotatable bonds is 3. The fourth-order valence-corrected chi connectivity index (χ4v) is 4.04. The van der Waals surface area contributed by atoms with Gasteiger partial charge in [0.25, 0.3) is 0 Å². The Hall–Kier alpha value is -0.670. The monoisotopic (exact) mass is 237 g/mol. The fourth-order valence-electron chi connectivity index (χ4n) is 2.30. The molecule has 0 saturated heterocycles. The summed E-state index contributed by atoms with van der Waals surface area (Å²) in [5.41, 5.74) is 8.63. The first kappa shape index (κ1) is 11.8. The van der Waals surface area contributed by atoms with Crippen molar-refractivity contribution in [3.05, 3.63) is 35.4 Å². The Labute approximate surface area is 99.7 Å². The highest BCUT2D eigenvalue weighted by atomic mass is 32.2. The van der Waals surface area contributed by atoms with Crippen LogP contribution in [0.25, 0.3) is 0 Å². The van der Waals surface area contributed by atoms with Gasteiger partial charge in [-0.3, -0.25) is 4.21 Å². The number of hydrogen-bond acceptors (Lipinski definition) is 2. The lowest BCUT2D eigenvalue weighted by molar-refractivity contribution is 0.631. The third-order valence-corrected chi connectivity index (χ3v) is 5.20. The second-order valence-corrected chi connectivity index (χ2v) is 6.61. The van der Waals surface area contributed by atoms with E-state index >= 15 is 0 Å². The zero-order valence-electron chi connectivity index (χ0n) is 9.85. The van der Waals surface area contributed by atoms with E-state index < -0.39 is 10.8 Å². The number of hydrogen-bond donors (Lipinski definition) is 1. The van der Waals surface area contributed by atoms with E-state index in [4.69, 9.17) is 5.73 Å². The molecule has 0 bridgehead atoms. The summed E-state index contributed by atoms with van der Waals surface area (Å²) in [6.45, 7) is 4.21. The molecule has 0 heterocycles. The molecule has 0 amide bonds. The lowest BCUT2D eigenvalue weighted by atomic mass is 10.1. The van der Waals surface area contributed by atoms with Crippen LogP contribution in [0.5, 0.6) is 0 Å². The van der Waals surface area contributed by atoms with Crippen LogP contribution in [0.15, 0.2) is 24.3 Å². The van der Waals surface area contributed by atoms with Crippen LogP contribution in [-0.4, -0.2) is 15.2 Å². The Bertz CT molecular complexity index is 403. The third-order valence-electron chi connectivity index (χ3n) is 3.07. The summed E-state index contributed by atoms with van der Waals surface area (Å²) >= 11 is 0. The zero-order chi connectivity index (χ0) is 11.7. The third kappa shape index (κ3) is 2.20. The van der Waals surface area contributed by atoms with Crippen molar-refractivity contribution < 1.29 is 4.21 Å². The summed E-state index contributed by atoms with van der Waals surface area (Å²) in [7, 11) is -0.807. The molecule has 88 valence electrons. The number of benzene rings is 1. The maximum atomic E-state index is 12.2. The van der Waals surface area contributed by atoms with Gasteiger partial charge in [0.2, 0.25) is 0 Å². The number of nitrogens with two attached hydrogens (primary N) is 1. The molecule has 0 spiro atoms. The summed E-state index contributed by atoms with van der Waals surface area (Å²) in [6.07, 6.45) is 0.872. The van der Waals surface area contributed by atoms with Crippen molar-refractivity contribution in [2.45, 2.75) is 31.6 Å². The molecular formula is C13H19NOS. The molecule has 0 fully saturated rings. The van der Waals surface area contributed by atoms with Crippen LogP contribution in [0.4, 0.5) is 0 Å². The van der Waals surface area contributed by atoms with Crippen molar-refractivity contribution in [2.75, 3.05) is 5.75 Å². The minimum atomic E-state index is -0.807. The average molecular weight is 237 g/mol. The first-order valence-corrected chi connectivity index (χ1v) is 7.18. The normalized spacial score (nSPS) is 25.8. The molecule has 2 nitrogen and oxygen atoms in total. The summed E-state index contributed by atoms with van der Waals surface area (Å²) in [5, 5.41) is 0.111. The topological polar surface area (TPSA) is 43.1 Å². The highest BCUT2D eigenvalue weighted by molar-refractivity contribution is 7.85. The molecule has 3 unspecified atom stereocenters. The molecule has 1 aliphatic rings. The smallest absolute Gasteiger partial charge is 0.0581 e. The summed E-state index contributed by atoms with van der Waals surface area (Å²) < 4.78 is 12.2.